The number of aryl methyl sites for hydroxylation is 1. The van der Waals surface area contributed by atoms with Crippen LogP contribution in [0.2, 0.25) is 0 Å². The van der Waals surface area contributed by atoms with E-state index in [0.29, 0.717) is 16.7 Å². The lowest BCUT2D eigenvalue weighted by atomic mass is 10.0. The van der Waals surface area contributed by atoms with Crippen LogP contribution in [0, 0.1) is 6.92 Å². The van der Waals surface area contributed by atoms with Gasteiger partial charge in [-0.2, -0.15) is 0 Å². The Hall–Kier alpha value is -1.92. The van der Waals surface area contributed by atoms with Crippen LogP contribution >= 0.6 is 23.6 Å². The summed E-state index contributed by atoms with van der Waals surface area (Å²) >= 11 is 7.20. The van der Waals surface area contributed by atoms with Gasteiger partial charge in [-0.05, 0) is 50.9 Å². The number of piperidine rings is 1. The fourth-order valence-corrected chi connectivity index (χ4v) is 4.95. The molecule has 1 atom stereocenters. The van der Waals surface area contributed by atoms with Gasteiger partial charge < -0.3 is 15.0 Å². The molecule has 6 heteroatoms. The van der Waals surface area contributed by atoms with Crippen LogP contribution in [0.4, 0.5) is 5.00 Å². The first-order chi connectivity index (χ1) is 12.5. The van der Waals surface area contributed by atoms with Gasteiger partial charge in [0.25, 0.3) is 0 Å². The minimum atomic E-state index is -0.342. The molecule has 0 bridgehead atoms. The molecule has 2 heterocycles. The summed E-state index contributed by atoms with van der Waals surface area (Å²) in [7, 11) is 1.42. The van der Waals surface area contributed by atoms with Crippen molar-refractivity contribution in [3.63, 3.8) is 0 Å². The van der Waals surface area contributed by atoms with Gasteiger partial charge in [-0.25, -0.2) is 4.79 Å². The maximum Gasteiger partial charge on any atom is 0.341 e. The molecule has 1 aliphatic rings. The summed E-state index contributed by atoms with van der Waals surface area (Å²) in [5.41, 5.74) is 2.49. The van der Waals surface area contributed by atoms with E-state index in [9.17, 15) is 4.79 Å². The van der Waals surface area contributed by atoms with Crippen LogP contribution in [0.5, 0.6) is 0 Å². The number of hydrogen-bond acceptors (Lipinski definition) is 4. The summed E-state index contributed by atoms with van der Waals surface area (Å²) in [6, 6.07) is 10.4. The van der Waals surface area contributed by atoms with Crippen molar-refractivity contribution in [2.45, 2.75) is 39.2 Å². The molecule has 1 aromatic carbocycles. The van der Waals surface area contributed by atoms with E-state index in [1.165, 1.54) is 13.5 Å². The van der Waals surface area contributed by atoms with Crippen LogP contribution in [0.3, 0.4) is 0 Å². The number of benzene rings is 1. The Kier molecular flexibility index (Phi) is 5.94. The predicted octanol–water partition coefficient (Wildman–Crippen LogP) is 5.08. The van der Waals surface area contributed by atoms with E-state index >= 15 is 0 Å². The number of hydrogen-bond donors (Lipinski definition) is 1. The van der Waals surface area contributed by atoms with Crippen molar-refractivity contribution in [3.8, 4) is 11.1 Å². The number of ether oxygens (including phenoxy) is 1. The van der Waals surface area contributed by atoms with Gasteiger partial charge in [0, 0.05) is 23.0 Å². The van der Waals surface area contributed by atoms with Gasteiger partial charge in [-0.1, -0.05) is 30.3 Å². The van der Waals surface area contributed by atoms with Crippen molar-refractivity contribution in [3.05, 3.63) is 40.8 Å². The van der Waals surface area contributed by atoms with Crippen molar-refractivity contribution in [2.24, 2.45) is 0 Å². The van der Waals surface area contributed by atoms with Crippen LogP contribution in [-0.4, -0.2) is 35.7 Å². The Morgan fingerprint density at radius 3 is 2.69 bits per heavy atom. The molecule has 1 N–H and O–H groups in total. The number of methoxy groups -OCH3 is 1. The number of thiophene rings is 1. The lowest BCUT2D eigenvalue weighted by Crippen LogP contribution is -2.44. The molecule has 138 valence electrons. The number of nitrogens with zero attached hydrogens (tertiary/aromatic N) is 1. The standard InChI is InChI=1S/C20H24N2O2S2/c1-13-9-7-8-12-22(13)20(25)21-18-17(19(23)24-3)16(14(2)26-18)15-10-5-4-6-11-15/h4-6,10-11,13H,7-9,12H2,1-3H3,(H,21,25)/t13-/m0/s1. The highest BCUT2D eigenvalue weighted by atomic mass is 32.1. The fourth-order valence-electron chi connectivity index (χ4n) is 3.45. The quantitative estimate of drug-likeness (QED) is 0.586. The summed E-state index contributed by atoms with van der Waals surface area (Å²) in [5, 5.41) is 4.78. The third-order valence-corrected chi connectivity index (χ3v) is 6.18. The number of carbonyl (C=O) groups excluding carboxylic acids is 1. The highest BCUT2D eigenvalue weighted by molar-refractivity contribution is 7.80. The molecule has 0 saturated carbocycles. The molecule has 1 fully saturated rings. The van der Waals surface area contributed by atoms with E-state index in [0.717, 1.165) is 40.4 Å². The average Bonchev–Trinajstić information content (AvgIpc) is 2.97. The molecular weight excluding hydrogens is 364 g/mol. The summed E-state index contributed by atoms with van der Waals surface area (Å²) in [6.45, 7) is 5.18. The van der Waals surface area contributed by atoms with Gasteiger partial charge in [0.05, 0.1) is 7.11 Å². The minimum Gasteiger partial charge on any atom is -0.465 e. The number of nitrogens with one attached hydrogen (secondary N) is 1. The summed E-state index contributed by atoms with van der Waals surface area (Å²) < 4.78 is 5.07. The lowest BCUT2D eigenvalue weighted by molar-refractivity contribution is 0.0603. The highest BCUT2D eigenvalue weighted by Crippen LogP contribution is 2.40. The minimum absolute atomic E-state index is 0.342. The van der Waals surface area contributed by atoms with E-state index in [1.807, 2.05) is 37.3 Å². The first-order valence-electron chi connectivity index (χ1n) is 8.87. The first-order valence-corrected chi connectivity index (χ1v) is 10.1. The maximum atomic E-state index is 12.6. The Morgan fingerprint density at radius 1 is 1.31 bits per heavy atom. The van der Waals surface area contributed by atoms with Crippen molar-refractivity contribution in [1.82, 2.24) is 4.90 Å². The largest absolute Gasteiger partial charge is 0.465 e. The monoisotopic (exact) mass is 388 g/mol. The molecule has 1 aliphatic heterocycles. The zero-order chi connectivity index (χ0) is 18.7. The summed E-state index contributed by atoms with van der Waals surface area (Å²) in [6.07, 6.45) is 3.53. The molecule has 26 heavy (non-hydrogen) atoms. The molecule has 0 aliphatic carbocycles. The maximum absolute atomic E-state index is 12.6. The Labute approximate surface area is 164 Å². The molecule has 0 amide bonds. The molecule has 0 spiro atoms. The van der Waals surface area contributed by atoms with Crippen LogP contribution < -0.4 is 5.32 Å². The van der Waals surface area contributed by atoms with Crippen molar-refractivity contribution in [2.75, 3.05) is 19.0 Å². The SMILES string of the molecule is COC(=O)c1c(NC(=S)N2CCCC[C@@H]2C)sc(C)c1-c1ccccc1. The molecule has 4 nitrogen and oxygen atoms in total. The fraction of sp³-hybridized carbons (Fsp3) is 0.400. The predicted molar refractivity (Wildman–Crippen MR) is 112 cm³/mol. The molecule has 0 unspecified atom stereocenters. The van der Waals surface area contributed by atoms with E-state index in [1.54, 1.807) is 11.3 Å². The Morgan fingerprint density at radius 2 is 2.04 bits per heavy atom. The average molecular weight is 389 g/mol. The summed E-state index contributed by atoms with van der Waals surface area (Å²) in [4.78, 5) is 15.8. The lowest BCUT2D eigenvalue weighted by Gasteiger charge is -2.35. The molecule has 2 aromatic rings. The van der Waals surface area contributed by atoms with E-state index in [-0.39, 0.29) is 5.97 Å². The zero-order valence-electron chi connectivity index (χ0n) is 15.4. The van der Waals surface area contributed by atoms with Crippen LogP contribution in [0.15, 0.2) is 30.3 Å². The normalized spacial score (nSPS) is 17.0. The van der Waals surface area contributed by atoms with E-state index in [4.69, 9.17) is 17.0 Å². The van der Waals surface area contributed by atoms with Gasteiger partial charge in [0.2, 0.25) is 0 Å². The number of esters is 1. The van der Waals surface area contributed by atoms with Gasteiger partial charge in [-0.3, -0.25) is 0 Å². The van der Waals surface area contributed by atoms with Gasteiger partial charge in [0.1, 0.15) is 10.6 Å². The van der Waals surface area contributed by atoms with Crippen molar-refractivity contribution < 1.29 is 9.53 Å². The van der Waals surface area contributed by atoms with Gasteiger partial charge in [0.15, 0.2) is 5.11 Å². The number of likely N-dealkylation sites (tertiary alicyclic amines) is 1. The van der Waals surface area contributed by atoms with Crippen LogP contribution in [0.1, 0.15) is 41.4 Å². The highest BCUT2D eigenvalue weighted by Gasteiger charge is 2.27. The summed E-state index contributed by atoms with van der Waals surface area (Å²) in [5.74, 6) is -0.342. The number of rotatable bonds is 3. The second-order valence-corrected chi connectivity index (χ2v) is 8.17. The number of carbonyl (C=O) groups is 1. The molecule has 3 rings (SSSR count). The topological polar surface area (TPSA) is 41.6 Å². The second kappa shape index (κ2) is 8.18. The van der Waals surface area contributed by atoms with Gasteiger partial charge in [-0.15, -0.1) is 11.3 Å². The molecule has 0 radical (unpaired) electrons. The zero-order valence-corrected chi connectivity index (χ0v) is 17.0. The molecular formula is C20H24N2O2S2. The Balaban J connectivity index is 1.97. The van der Waals surface area contributed by atoms with Gasteiger partial charge >= 0.3 is 5.97 Å². The Bertz CT molecular complexity index is 802. The third kappa shape index (κ3) is 3.76. The van der Waals surface area contributed by atoms with E-state index in [2.05, 4.69) is 17.1 Å². The smallest absolute Gasteiger partial charge is 0.341 e. The van der Waals surface area contributed by atoms with E-state index < -0.39 is 0 Å². The molecule has 1 saturated heterocycles. The number of anilines is 1. The third-order valence-electron chi connectivity index (χ3n) is 4.82. The molecule has 1 aromatic heterocycles. The van der Waals surface area contributed by atoms with Crippen molar-refractivity contribution in [1.29, 1.82) is 0 Å². The van der Waals surface area contributed by atoms with Crippen LogP contribution in [0.25, 0.3) is 11.1 Å². The first kappa shape index (κ1) is 18.9. The number of thiocarbonyl (C=S) groups is 1. The second-order valence-electron chi connectivity index (χ2n) is 6.56. The van der Waals surface area contributed by atoms with Crippen LogP contribution in [-0.2, 0) is 4.74 Å². The van der Waals surface area contributed by atoms with Crippen molar-refractivity contribution >= 4 is 39.6 Å².